The summed E-state index contributed by atoms with van der Waals surface area (Å²) in [5.74, 6) is 3.35. The highest BCUT2D eigenvalue weighted by Crippen LogP contribution is 2.30. The lowest BCUT2D eigenvalue weighted by atomic mass is 10.2. The molecular formula is C22H30N6O2. The third kappa shape index (κ3) is 5.13. The van der Waals surface area contributed by atoms with Crippen LogP contribution in [-0.2, 0) is 6.54 Å². The molecule has 30 heavy (non-hydrogen) atoms. The molecule has 3 heterocycles. The number of nitrogens with zero attached hydrogens (tertiary/aromatic N) is 4. The summed E-state index contributed by atoms with van der Waals surface area (Å²) in [6, 6.07) is 12.0. The first-order chi connectivity index (χ1) is 14.7. The Morgan fingerprint density at radius 1 is 1.10 bits per heavy atom. The van der Waals surface area contributed by atoms with Gasteiger partial charge in [0.2, 0.25) is 0 Å². The number of piperazine rings is 1. The number of aromatic nitrogens is 1. The number of likely N-dealkylation sites (N-methyl/N-ethyl adjacent to an activating group) is 1. The Morgan fingerprint density at radius 3 is 2.63 bits per heavy atom. The summed E-state index contributed by atoms with van der Waals surface area (Å²) in [6.07, 6.45) is 1.87. The van der Waals surface area contributed by atoms with E-state index in [2.05, 4.69) is 49.6 Å². The van der Waals surface area contributed by atoms with Crippen LogP contribution in [0, 0.1) is 0 Å². The molecule has 0 saturated carbocycles. The predicted octanol–water partition coefficient (Wildman–Crippen LogP) is 1.34. The number of guanidine groups is 1. The molecule has 0 spiro atoms. The lowest BCUT2D eigenvalue weighted by Gasteiger charge is -2.33. The molecule has 1 unspecified atom stereocenters. The first-order valence-electron chi connectivity index (χ1n) is 10.4. The van der Waals surface area contributed by atoms with Crippen molar-refractivity contribution in [3.05, 3.63) is 48.2 Å². The quantitative estimate of drug-likeness (QED) is 0.569. The molecule has 8 heteroatoms. The van der Waals surface area contributed by atoms with Crippen LogP contribution in [-0.4, -0.2) is 75.4 Å². The Balaban J connectivity index is 1.23. The minimum Gasteiger partial charge on any atom is -0.486 e. The maximum Gasteiger partial charge on any atom is 0.191 e. The summed E-state index contributed by atoms with van der Waals surface area (Å²) in [4.78, 5) is 13.6. The van der Waals surface area contributed by atoms with Gasteiger partial charge in [-0.25, -0.2) is 4.98 Å². The fourth-order valence-corrected chi connectivity index (χ4v) is 3.52. The van der Waals surface area contributed by atoms with Gasteiger partial charge in [0.05, 0.1) is 6.54 Å². The van der Waals surface area contributed by atoms with E-state index in [0.29, 0.717) is 19.7 Å². The van der Waals surface area contributed by atoms with E-state index in [4.69, 9.17) is 9.47 Å². The molecule has 1 aromatic heterocycles. The van der Waals surface area contributed by atoms with Crippen LogP contribution in [0.4, 0.5) is 5.82 Å². The maximum absolute atomic E-state index is 5.98. The second kappa shape index (κ2) is 9.67. The Morgan fingerprint density at radius 2 is 1.90 bits per heavy atom. The van der Waals surface area contributed by atoms with E-state index in [0.717, 1.165) is 55.0 Å². The second-order valence-corrected chi connectivity index (χ2v) is 7.62. The van der Waals surface area contributed by atoms with E-state index in [1.165, 1.54) is 0 Å². The van der Waals surface area contributed by atoms with Gasteiger partial charge in [-0.1, -0.05) is 18.2 Å². The monoisotopic (exact) mass is 410 g/mol. The number of benzene rings is 1. The standard InChI is InChI=1S/C22H30N6O2/c1-23-22(26-15-18-16-29-19-5-3-4-6-20(19)30-18)25-14-17-7-8-21(24-13-17)28-11-9-27(2)10-12-28/h3-8,13,18H,9-12,14-16H2,1-2H3,(H2,23,25,26). The molecule has 1 saturated heterocycles. The van der Waals surface area contributed by atoms with Gasteiger partial charge in [-0.3, -0.25) is 4.99 Å². The van der Waals surface area contributed by atoms with Gasteiger partial charge in [-0.15, -0.1) is 0 Å². The summed E-state index contributed by atoms with van der Waals surface area (Å²) < 4.78 is 11.7. The van der Waals surface area contributed by atoms with Gasteiger partial charge >= 0.3 is 0 Å². The summed E-state index contributed by atoms with van der Waals surface area (Å²) >= 11 is 0. The van der Waals surface area contributed by atoms with Gasteiger partial charge in [0, 0.05) is 46.0 Å². The number of para-hydroxylation sites is 2. The van der Waals surface area contributed by atoms with Gasteiger partial charge in [0.1, 0.15) is 18.5 Å². The van der Waals surface area contributed by atoms with Gasteiger partial charge < -0.3 is 29.9 Å². The van der Waals surface area contributed by atoms with Crippen LogP contribution in [0.25, 0.3) is 0 Å². The largest absolute Gasteiger partial charge is 0.486 e. The summed E-state index contributed by atoms with van der Waals surface area (Å²) in [5, 5.41) is 6.64. The first-order valence-corrected chi connectivity index (χ1v) is 10.4. The van der Waals surface area contributed by atoms with Crippen molar-refractivity contribution in [2.24, 2.45) is 4.99 Å². The van der Waals surface area contributed by atoms with Crippen molar-refractivity contribution < 1.29 is 9.47 Å². The average molecular weight is 411 g/mol. The van der Waals surface area contributed by atoms with Crippen LogP contribution >= 0.6 is 0 Å². The van der Waals surface area contributed by atoms with Crippen LogP contribution in [0.1, 0.15) is 5.56 Å². The molecule has 2 aliphatic rings. The van der Waals surface area contributed by atoms with Crippen molar-refractivity contribution in [2.45, 2.75) is 12.6 Å². The Kier molecular flexibility index (Phi) is 6.53. The molecule has 0 bridgehead atoms. The number of aliphatic imine (C=N–C) groups is 1. The Hall–Kier alpha value is -3.00. The topological polar surface area (TPSA) is 74.3 Å². The molecule has 0 aliphatic carbocycles. The number of anilines is 1. The van der Waals surface area contributed by atoms with Crippen molar-refractivity contribution in [3.63, 3.8) is 0 Å². The van der Waals surface area contributed by atoms with E-state index in [9.17, 15) is 0 Å². The van der Waals surface area contributed by atoms with E-state index >= 15 is 0 Å². The molecule has 4 rings (SSSR count). The highest BCUT2D eigenvalue weighted by molar-refractivity contribution is 5.79. The minimum absolute atomic E-state index is 0.0667. The normalized spacial score (nSPS) is 19.5. The molecule has 8 nitrogen and oxygen atoms in total. The summed E-state index contributed by atoms with van der Waals surface area (Å²) in [6.45, 7) is 5.97. The predicted molar refractivity (Wildman–Crippen MR) is 119 cm³/mol. The fourth-order valence-electron chi connectivity index (χ4n) is 3.52. The third-order valence-corrected chi connectivity index (χ3v) is 5.38. The zero-order valence-corrected chi connectivity index (χ0v) is 17.7. The van der Waals surface area contributed by atoms with Gasteiger partial charge in [0.25, 0.3) is 0 Å². The van der Waals surface area contributed by atoms with Crippen LogP contribution < -0.4 is 25.0 Å². The lowest BCUT2D eigenvalue weighted by Crippen LogP contribution is -2.45. The van der Waals surface area contributed by atoms with Crippen LogP contribution in [0.3, 0.4) is 0 Å². The molecule has 0 amide bonds. The molecule has 2 aromatic rings. The molecule has 1 aromatic carbocycles. The molecule has 1 atom stereocenters. The van der Waals surface area contributed by atoms with Crippen LogP contribution in [0.5, 0.6) is 11.5 Å². The number of hydrogen-bond donors (Lipinski definition) is 2. The number of nitrogens with one attached hydrogen (secondary N) is 2. The Bertz CT molecular complexity index is 849. The Labute approximate surface area is 177 Å². The molecule has 2 aliphatic heterocycles. The molecule has 2 N–H and O–H groups in total. The fraction of sp³-hybridized carbons (Fsp3) is 0.455. The van der Waals surface area contributed by atoms with Crippen molar-refractivity contribution in [1.29, 1.82) is 0 Å². The first kappa shape index (κ1) is 20.3. The van der Waals surface area contributed by atoms with Gasteiger partial charge in [0.15, 0.2) is 17.5 Å². The smallest absolute Gasteiger partial charge is 0.191 e. The summed E-state index contributed by atoms with van der Waals surface area (Å²) in [7, 11) is 3.92. The average Bonchev–Trinajstić information content (AvgIpc) is 2.80. The maximum atomic E-state index is 5.98. The highest BCUT2D eigenvalue weighted by Gasteiger charge is 2.20. The van der Waals surface area contributed by atoms with Gasteiger partial charge in [-0.2, -0.15) is 0 Å². The third-order valence-electron chi connectivity index (χ3n) is 5.38. The van der Waals surface area contributed by atoms with Crippen molar-refractivity contribution in [1.82, 2.24) is 20.5 Å². The zero-order valence-electron chi connectivity index (χ0n) is 17.7. The highest BCUT2D eigenvalue weighted by atomic mass is 16.6. The van der Waals surface area contributed by atoms with Crippen LogP contribution in [0.15, 0.2) is 47.6 Å². The van der Waals surface area contributed by atoms with Crippen molar-refractivity contribution >= 4 is 11.8 Å². The van der Waals surface area contributed by atoms with E-state index < -0.39 is 0 Å². The lowest BCUT2D eigenvalue weighted by molar-refractivity contribution is 0.0936. The van der Waals surface area contributed by atoms with Crippen LogP contribution in [0.2, 0.25) is 0 Å². The number of pyridine rings is 1. The molecular weight excluding hydrogens is 380 g/mol. The van der Waals surface area contributed by atoms with E-state index in [-0.39, 0.29) is 6.10 Å². The number of rotatable bonds is 5. The number of hydrogen-bond acceptors (Lipinski definition) is 6. The number of fused-ring (bicyclic) bond motifs is 1. The second-order valence-electron chi connectivity index (χ2n) is 7.62. The minimum atomic E-state index is -0.0667. The van der Waals surface area contributed by atoms with Gasteiger partial charge in [-0.05, 0) is 30.8 Å². The molecule has 1 fully saturated rings. The number of ether oxygens (including phenoxy) is 2. The SMILES string of the molecule is CN=C(NCc1ccc(N2CCN(C)CC2)nc1)NCC1COc2ccccc2O1. The molecule has 0 radical (unpaired) electrons. The zero-order chi connectivity index (χ0) is 20.8. The van der Waals surface area contributed by atoms with E-state index in [1.54, 1.807) is 7.05 Å². The molecule has 160 valence electrons. The van der Waals surface area contributed by atoms with E-state index in [1.807, 2.05) is 30.5 Å². The van der Waals surface area contributed by atoms with Crippen molar-refractivity contribution in [3.8, 4) is 11.5 Å². The van der Waals surface area contributed by atoms with Crippen molar-refractivity contribution in [2.75, 3.05) is 58.3 Å². The summed E-state index contributed by atoms with van der Waals surface area (Å²) in [5.41, 5.74) is 1.11.